The molecule has 1 atom stereocenters. The molecular formula is C20H26N2O4. The molecule has 6 heteroatoms. The summed E-state index contributed by atoms with van der Waals surface area (Å²) in [6.45, 7) is 4.59. The average Bonchev–Trinajstić information content (AvgIpc) is 2.99. The zero-order valence-corrected chi connectivity index (χ0v) is 15.3. The number of benzene rings is 1. The third-order valence-corrected chi connectivity index (χ3v) is 5.75. The Kier molecular flexibility index (Phi) is 5.30. The van der Waals surface area contributed by atoms with Gasteiger partial charge >= 0.3 is 5.97 Å². The van der Waals surface area contributed by atoms with E-state index in [1.54, 1.807) is 4.90 Å². The van der Waals surface area contributed by atoms with Gasteiger partial charge in [0.05, 0.1) is 5.92 Å². The van der Waals surface area contributed by atoms with Crippen LogP contribution < -0.4 is 10.2 Å². The molecule has 0 radical (unpaired) electrons. The molecule has 2 aliphatic rings. The first kappa shape index (κ1) is 18.4. The SMILES string of the molecule is Cc1ccc(N2CC[C@H](C(=O)NC3CCC(C(=O)O)CC3)C2=O)cc1C. The molecule has 1 heterocycles. The van der Waals surface area contributed by atoms with E-state index < -0.39 is 11.9 Å². The monoisotopic (exact) mass is 358 g/mol. The van der Waals surface area contributed by atoms with E-state index in [2.05, 4.69) is 5.32 Å². The molecule has 1 saturated heterocycles. The van der Waals surface area contributed by atoms with Crippen LogP contribution in [0.3, 0.4) is 0 Å². The van der Waals surface area contributed by atoms with E-state index in [0.717, 1.165) is 11.3 Å². The van der Waals surface area contributed by atoms with Gasteiger partial charge < -0.3 is 15.3 Å². The van der Waals surface area contributed by atoms with Gasteiger partial charge in [-0.3, -0.25) is 14.4 Å². The number of nitrogens with one attached hydrogen (secondary N) is 1. The van der Waals surface area contributed by atoms with Crippen LogP contribution in [0.25, 0.3) is 0 Å². The zero-order valence-electron chi connectivity index (χ0n) is 15.3. The van der Waals surface area contributed by atoms with Crippen LogP contribution in [0, 0.1) is 25.7 Å². The molecule has 6 nitrogen and oxygen atoms in total. The van der Waals surface area contributed by atoms with Crippen molar-refractivity contribution in [1.82, 2.24) is 5.32 Å². The highest BCUT2D eigenvalue weighted by Gasteiger charge is 2.38. The molecule has 1 aromatic rings. The molecule has 1 aliphatic carbocycles. The highest BCUT2D eigenvalue weighted by Crippen LogP contribution is 2.28. The van der Waals surface area contributed by atoms with Crippen LogP contribution in [0.1, 0.15) is 43.2 Å². The summed E-state index contributed by atoms with van der Waals surface area (Å²) < 4.78 is 0. The Hall–Kier alpha value is -2.37. The molecule has 0 unspecified atom stereocenters. The van der Waals surface area contributed by atoms with Gasteiger partial charge in [-0.1, -0.05) is 6.07 Å². The summed E-state index contributed by atoms with van der Waals surface area (Å²) in [6.07, 6.45) is 2.98. The fourth-order valence-electron chi connectivity index (χ4n) is 3.86. The molecule has 1 aliphatic heterocycles. The lowest BCUT2D eigenvalue weighted by atomic mass is 9.86. The number of nitrogens with zero attached hydrogens (tertiary/aromatic N) is 1. The van der Waals surface area contributed by atoms with Crippen molar-refractivity contribution in [3.05, 3.63) is 29.3 Å². The number of carboxylic acids is 1. The van der Waals surface area contributed by atoms with E-state index in [1.807, 2.05) is 32.0 Å². The number of hydrogen-bond acceptors (Lipinski definition) is 3. The summed E-state index contributed by atoms with van der Waals surface area (Å²) in [6, 6.07) is 5.88. The number of carbonyl (C=O) groups excluding carboxylic acids is 2. The number of hydrogen-bond donors (Lipinski definition) is 2. The first-order chi connectivity index (χ1) is 12.4. The summed E-state index contributed by atoms with van der Waals surface area (Å²) in [4.78, 5) is 38.0. The van der Waals surface area contributed by atoms with Crippen molar-refractivity contribution in [2.24, 2.45) is 11.8 Å². The molecule has 0 aromatic heterocycles. The van der Waals surface area contributed by atoms with Crippen LogP contribution in [0.2, 0.25) is 0 Å². The molecule has 2 N–H and O–H groups in total. The quantitative estimate of drug-likeness (QED) is 0.809. The van der Waals surface area contributed by atoms with E-state index >= 15 is 0 Å². The minimum Gasteiger partial charge on any atom is -0.481 e. The van der Waals surface area contributed by atoms with Crippen molar-refractivity contribution in [2.45, 2.75) is 52.0 Å². The standard InChI is InChI=1S/C20H26N2O4/c1-12-3-8-16(11-13(12)2)22-10-9-17(19(22)24)18(23)21-15-6-4-14(5-7-15)20(25)26/h3,8,11,14-15,17H,4-7,9-10H2,1-2H3,(H,21,23)(H,25,26)/t14?,15?,17-/m1/s1. The highest BCUT2D eigenvalue weighted by molar-refractivity contribution is 6.09. The molecular weight excluding hydrogens is 332 g/mol. The Morgan fingerprint density at radius 2 is 1.77 bits per heavy atom. The normalized spacial score (nSPS) is 26.0. The second-order valence-electron chi connectivity index (χ2n) is 7.50. The molecule has 1 saturated carbocycles. The van der Waals surface area contributed by atoms with Gasteiger partial charge in [0.1, 0.15) is 5.92 Å². The number of carbonyl (C=O) groups is 3. The van der Waals surface area contributed by atoms with Crippen molar-refractivity contribution < 1.29 is 19.5 Å². The molecule has 140 valence electrons. The zero-order chi connectivity index (χ0) is 18.8. The molecule has 0 bridgehead atoms. The van der Waals surface area contributed by atoms with E-state index in [4.69, 9.17) is 5.11 Å². The Morgan fingerprint density at radius 3 is 2.38 bits per heavy atom. The minimum absolute atomic E-state index is 0.0263. The largest absolute Gasteiger partial charge is 0.481 e. The van der Waals surface area contributed by atoms with Gasteiger partial charge in [-0.25, -0.2) is 0 Å². The Bertz CT molecular complexity index is 723. The van der Waals surface area contributed by atoms with E-state index in [9.17, 15) is 14.4 Å². The predicted molar refractivity (Wildman–Crippen MR) is 97.9 cm³/mol. The van der Waals surface area contributed by atoms with Crippen molar-refractivity contribution in [3.63, 3.8) is 0 Å². The lowest BCUT2D eigenvalue weighted by Gasteiger charge is -2.27. The van der Waals surface area contributed by atoms with Crippen LogP contribution >= 0.6 is 0 Å². The maximum Gasteiger partial charge on any atom is 0.306 e. The Morgan fingerprint density at radius 1 is 1.08 bits per heavy atom. The van der Waals surface area contributed by atoms with Gasteiger partial charge in [0.25, 0.3) is 0 Å². The van der Waals surface area contributed by atoms with Crippen molar-refractivity contribution >= 4 is 23.5 Å². The summed E-state index contributed by atoms with van der Waals surface area (Å²) in [5.41, 5.74) is 3.14. The predicted octanol–water partition coefficient (Wildman–Crippen LogP) is 2.42. The molecule has 3 rings (SSSR count). The van der Waals surface area contributed by atoms with Crippen molar-refractivity contribution in [3.8, 4) is 0 Å². The number of rotatable bonds is 4. The number of amides is 2. The first-order valence-corrected chi connectivity index (χ1v) is 9.28. The number of aryl methyl sites for hydroxylation is 2. The van der Waals surface area contributed by atoms with Crippen LogP contribution in [0.5, 0.6) is 0 Å². The van der Waals surface area contributed by atoms with Crippen molar-refractivity contribution in [2.75, 3.05) is 11.4 Å². The van der Waals surface area contributed by atoms with Crippen LogP contribution in [-0.4, -0.2) is 35.5 Å². The maximum absolute atomic E-state index is 12.7. The maximum atomic E-state index is 12.7. The minimum atomic E-state index is -0.759. The summed E-state index contributed by atoms with van der Waals surface area (Å²) in [7, 11) is 0. The molecule has 2 fully saturated rings. The number of carboxylic acid groups (broad SMARTS) is 1. The van der Waals surface area contributed by atoms with Crippen LogP contribution in [-0.2, 0) is 14.4 Å². The third-order valence-electron chi connectivity index (χ3n) is 5.75. The van der Waals surface area contributed by atoms with E-state index in [1.165, 1.54) is 5.56 Å². The fraction of sp³-hybridized carbons (Fsp3) is 0.550. The fourth-order valence-corrected chi connectivity index (χ4v) is 3.86. The summed E-state index contributed by atoms with van der Waals surface area (Å²) in [5, 5.41) is 12.0. The lowest BCUT2D eigenvalue weighted by molar-refractivity contribution is -0.142. The average molecular weight is 358 g/mol. The molecule has 26 heavy (non-hydrogen) atoms. The topological polar surface area (TPSA) is 86.7 Å². The number of aliphatic carboxylic acids is 1. The number of anilines is 1. The molecule has 0 spiro atoms. The molecule has 2 amide bonds. The van der Waals surface area contributed by atoms with E-state index in [0.29, 0.717) is 38.6 Å². The molecule has 1 aromatic carbocycles. The second kappa shape index (κ2) is 7.48. The van der Waals surface area contributed by atoms with Gasteiger partial charge in [0.2, 0.25) is 11.8 Å². The van der Waals surface area contributed by atoms with Gasteiger partial charge in [0, 0.05) is 18.3 Å². The third kappa shape index (κ3) is 3.74. The Labute approximate surface area is 153 Å². The lowest BCUT2D eigenvalue weighted by Crippen LogP contribution is -2.43. The summed E-state index contributed by atoms with van der Waals surface area (Å²) in [5.74, 6) is -2.08. The van der Waals surface area contributed by atoms with Gasteiger partial charge in [-0.15, -0.1) is 0 Å². The Balaban J connectivity index is 1.58. The smallest absolute Gasteiger partial charge is 0.306 e. The van der Waals surface area contributed by atoms with Crippen molar-refractivity contribution in [1.29, 1.82) is 0 Å². The van der Waals surface area contributed by atoms with Crippen LogP contribution in [0.4, 0.5) is 5.69 Å². The van der Waals surface area contributed by atoms with Gasteiger partial charge in [-0.2, -0.15) is 0 Å². The van der Waals surface area contributed by atoms with Gasteiger partial charge in [-0.05, 0) is 69.2 Å². The van der Waals surface area contributed by atoms with Gasteiger partial charge in [0.15, 0.2) is 0 Å². The second-order valence-corrected chi connectivity index (χ2v) is 7.50. The van der Waals surface area contributed by atoms with E-state index in [-0.39, 0.29) is 23.8 Å². The first-order valence-electron chi connectivity index (χ1n) is 9.28. The highest BCUT2D eigenvalue weighted by atomic mass is 16.4. The summed E-state index contributed by atoms with van der Waals surface area (Å²) >= 11 is 0. The van der Waals surface area contributed by atoms with Crippen LogP contribution in [0.15, 0.2) is 18.2 Å².